The van der Waals surface area contributed by atoms with Crippen LogP contribution < -0.4 is 10.4 Å². The molecule has 5 rings (SSSR count). The molecule has 4 aromatic rings. The molecule has 0 spiro atoms. The van der Waals surface area contributed by atoms with Crippen LogP contribution in [0.1, 0.15) is 49.5 Å². The third-order valence-electron chi connectivity index (χ3n) is 8.69. The summed E-state index contributed by atoms with van der Waals surface area (Å²) >= 11 is 0. The second-order valence-corrected chi connectivity index (χ2v) is 17.2. The standard InChI is InChI=1S/C39H44O7Si/c1-39(2,3)47(31-21-13-7-14-22-31,32-23-15-8-16-24-32)44-28-36-33(43-27-29-17-9-5-10-18-29)25-34(35(45-36)26-37(40)42-4)46-38(41)30-19-11-6-12-20-30/h5-24,33-36H,25-28H2,1-4H3/t33-,34-,35+,36+/m1/s1. The van der Waals surface area contributed by atoms with E-state index in [0.717, 1.165) is 15.9 Å². The molecule has 246 valence electrons. The molecule has 1 aliphatic rings. The van der Waals surface area contributed by atoms with E-state index in [2.05, 4.69) is 69.3 Å². The first-order valence-electron chi connectivity index (χ1n) is 16.1. The lowest BCUT2D eigenvalue weighted by Gasteiger charge is -2.46. The highest BCUT2D eigenvalue weighted by Gasteiger charge is 2.51. The Morgan fingerprint density at radius 2 is 1.28 bits per heavy atom. The molecule has 47 heavy (non-hydrogen) atoms. The molecule has 0 amide bonds. The van der Waals surface area contributed by atoms with Crippen molar-refractivity contribution in [2.24, 2.45) is 0 Å². The first-order valence-corrected chi connectivity index (χ1v) is 18.0. The van der Waals surface area contributed by atoms with Gasteiger partial charge in [0.2, 0.25) is 0 Å². The second-order valence-electron chi connectivity index (χ2n) is 12.8. The number of hydrogen-bond donors (Lipinski definition) is 0. The molecule has 1 fully saturated rings. The van der Waals surface area contributed by atoms with Crippen LogP contribution in [0.15, 0.2) is 121 Å². The van der Waals surface area contributed by atoms with Gasteiger partial charge in [-0.1, -0.05) is 130 Å². The van der Waals surface area contributed by atoms with E-state index in [1.807, 2.05) is 48.5 Å². The summed E-state index contributed by atoms with van der Waals surface area (Å²) in [5.41, 5.74) is 1.43. The van der Waals surface area contributed by atoms with Gasteiger partial charge in [0.1, 0.15) is 18.3 Å². The summed E-state index contributed by atoms with van der Waals surface area (Å²) in [5, 5.41) is 2.05. The average Bonchev–Trinajstić information content (AvgIpc) is 3.10. The van der Waals surface area contributed by atoms with Gasteiger partial charge in [0.15, 0.2) is 0 Å². The van der Waals surface area contributed by atoms with E-state index in [0.29, 0.717) is 18.6 Å². The van der Waals surface area contributed by atoms with Crippen LogP contribution >= 0.6 is 0 Å². The van der Waals surface area contributed by atoms with Gasteiger partial charge in [0.05, 0.1) is 38.4 Å². The van der Waals surface area contributed by atoms with Gasteiger partial charge in [-0.15, -0.1) is 0 Å². The summed E-state index contributed by atoms with van der Waals surface area (Å²) in [6.45, 7) is 7.23. The van der Waals surface area contributed by atoms with E-state index in [-0.39, 0.29) is 18.1 Å². The lowest BCUT2D eigenvalue weighted by molar-refractivity contribution is -0.200. The van der Waals surface area contributed by atoms with Gasteiger partial charge in [-0.2, -0.15) is 0 Å². The number of ether oxygens (including phenoxy) is 4. The van der Waals surface area contributed by atoms with Crippen molar-refractivity contribution in [3.05, 3.63) is 132 Å². The second kappa shape index (κ2) is 15.7. The Labute approximate surface area is 278 Å². The summed E-state index contributed by atoms with van der Waals surface area (Å²) in [6.07, 6.45) is -2.30. The van der Waals surface area contributed by atoms with Crippen molar-refractivity contribution in [1.82, 2.24) is 0 Å². The molecule has 1 saturated heterocycles. The molecule has 0 aliphatic carbocycles. The van der Waals surface area contributed by atoms with Crippen LogP contribution in [0, 0.1) is 0 Å². The Balaban J connectivity index is 1.48. The Hall–Kier alpha value is -4.08. The zero-order valence-electron chi connectivity index (χ0n) is 27.5. The monoisotopic (exact) mass is 652 g/mol. The maximum Gasteiger partial charge on any atom is 0.338 e. The van der Waals surface area contributed by atoms with Gasteiger partial charge >= 0.3 is 11.9 Å². The molecule has 1 aliphatic heterocycles. The fraction of sp³-hybridized carbons (Fsp3) is 0.333. The highest BCUT2D eigenvalue weighted by Crippen LogP contribution is 2.38. The molecule has 4 aromatic carbocycles. The lowest BCUT2D eigenvalue weighted by Crippen LogP contribution is -2.67. The minimum Gasteiger partial charge on any atom is -0.469 e. The first kappa shape index (κ1) is 34.3. The molecular formula is C39H44O7Si. The molecule has 0 aromatic heterocycles. The van der Waals surface area contributed by atoms with Crippen LogP contribution in [0.5, 0.6) is 0 Å². The number of carbonyl (C=O) groups is 2. The van der Waals surface area contributed by atoms with Crippen LogP contribution in [0.3, 0.4) is 0 Å². The van der Waals surface area contributed by atoms with Gasteiger partial charge in [-0.3, -0.25) is 4.79 Å². The van der Waals surface area contributed by atoms with Gasteiger partial charge < -0.3 is 23.4 Å². The van der Waals surface area contributed by atoms with E-state index in [4.69, 9.17) is 23.4 Å². The molecule has 0 saturated carbocycles. The third kappa shape index (κ3) is 8.26. The first-order chi connectivity index (χ1) is 22.7. The number of benzene rings is 4. The number of hydrogen-bond acceptors (Lipinski definition) is 7. The Morgan fingerprint density at radius 1 is 0.745 bits per heavy atom. The van der Waals surface area contributed by atoms with Crippen molar-refractivity contribution in [3.8, 4) is 0 Å². The normalized spacial score (nSPS) is 19.9. The zero-order chi connectivity index (χ0) is 33.3. The van der Waals surface area contributed by atoms with Gasteiger partial charge in [0.25, 0.3) is 8.32 Å². The summed E-state index contributed by atoms with van der Waals surface area (Å²) in [5.74, 6) is -0.941. The van der Waals surface area contributed by atoms with Crippen LogP contribution in [0.2, 0.25) is 5.04 Å². The van der Waals surface area contributed by atoms with E-state index >= 15 is 0 Å². The van der Waals surface area contributed by atoms with Crippen molar-refractivity contribution in [1.29, 1.82) is 0 Å². The SMILES string of the molecule is COC(=O)C[C@@H]1O[C@@H](CO[Si](c2ccccc2)(c2ccccc2)C(C)(C)C)[C@H](OCc2ccccc2)C[C@H]1OC(=O)c1ccccc1. The fourth-order valence-electron chi connectivity index (χ4n) is 6.33. The summed E-state index contributed by atoms with van der Waals surface area (Å²) in [6, 6.07) is 39.5. The summed E-state index contributed by atoms with van der Waals surface area (Å²) in [4.78, 5) is 25.8. The Bertz CT molecular complexity index is 1520. The van der Waals surface area contributed by atoms with Gasteiger partial charge in [-0.25, -0.2) is 4.79 Å². The average molecular weight is 653 g/mol. The highest BCUT2D eigenvalue weighted by atomic mass is 28.4. The van der Waals surface area contributed by atoms with Crippen LogP contribution in [0.25, 0.3) is 0 Å². The Kier molecular flexibility index (Phi) is 11.4. The van der Waals surface area contributed by atoms with Crippen molar-refractivity contribution in [2.45, 2.75) is 69.7 Å². The maximum atomic E-state index is 13.2. The molecule has 1 heterocycles. The topological polar surface area (TPSA) is 80.3 Å². The van der Waals surface area contributed by atoms with E-state index in [9.17, 15) is 9.59 Å². The van der Waals surface area contributed by atoms with Crippen LogP contribution in [-0.4, -0.2) is 58.4 Å². The predicted molar refractivity (Wildman–Crippen MR) is 184 cm³/mol. The molecule has 4 atom stereocenters. The molecule has 0 unspecified atom stereocenters. The van der Waals surface area contributed by atoms with Crippen molar-refractivity contribution >= 4 is 30.6 Å². The van der Waals surface area contributed by atoms with Crippen LogP contribution in [0.4, 0.5) is 0 Å². The predicted octanol–water partition coefficient (Wildman–Crippen LogP) is 6.09. The molecule has 0 bridgehead atoms. The quantitative estimate of drug-likeness (QED) is 0.135. The number of rotatable bonds is 12. The van der Waals surface area contributed by atoms with E-state index < -0.39 is 44.7 Å². The van der Waals surface area contributed by atoms with E-state index in [1.54, 1.807) is 24.3 Å². The summed E-state index contributed by atoms with van der Waals surface area (Å²) in [7, 11) is -1.57. The molecule has 0 radical (unpaired) electrons. The highest BCUT2D eigenvalue weighted by molar-refractivity contribution is 6.99. The molecule has 0 N–H and O–H groups in total. The molecule has 8 heteroatoms. The lowest BCUT2D eigenvalue weighted by atomic mass is 9.96. The maximum absolute atomic E-state index is 13.2. The molecular weight excluding hydrogens is 609 g/mol. The van der Waals surface area contributed by atoms with Crippen molar-refractivity contribution in [3.63, 3.8) is 0 Å². The minimum atomic E-state index is -2.91. The van der Waals surface area contributed by atoms with Crippen molar-refractivity contribution in [2.75, 3.05) is 13.7 Å². The van der Waals surface area contributed by atoms with Crippen molar-refractivity contribution < 1.29 is 33.0 Å². The summed E-state index contributed by atoms with van der Waals surface area (Å²) < 4.78 is 31.5. The zero-order valence-corrected chi connectivity index (χ0v) is 28.5. The number of carbonyl (C=O) groups excluding carboxylic acids is 2. The van der Waals surface area contributed by atoms with Gasteiger partial charge in [-0.05, 0) is 33.1 Å². The smallest absolute Gasteiger partial charge is 0.338 e. The molecule has 7 nitrogen and oxygen atoms in total. The Morgan fingerprint density at radius 3 is 1.81 bits per heavy atom. The largest absolute Gasteiger partial charge is 0.469 e. The van der Waals surface area contributed by atoms with Gasteiger partial charge in [0, 0.05) is 6.42 Å². The number of esters is 2. The number of methoxy groups -OCH3 is 1. The third-order valence-corrected chi connectivity index (χ3v) is 13.7. The minimum absolute atomic E-state index is 0.0790. The van der Waals surface area contributed by atoms with Crippen LogP contribution in [-0.2, 0) is 34.8 Å². The fourth-order valence-corrected chi connectivity index (χ4v) is 10.9. The van der Waals surface area contributed by atoms with E-state index in [1.165, 1.54) is 7.11 Å².